The molecule has 0 fully saturated rings. The number of nitrogens with one attached hydrogen (secondary N) is 2. The van der Waals surface area contributed by atoms with Crippen LogP contribution in [0, 0.1) is 11.8 Å². The minimum Gasteiger partial charge on any atom is -0.465 e. The number of esters is 2. The summed E-state index contributed by atoms with van der Waals surface area (Å²) >= 11 is 0. The molecule has 0 bridgehead atoms. The van der Waals surface area contributed by atoms with Crippen LogP contribution in [0.1, 0.15) is 188 Å². The van der Waals surface area contributed by atoms with Crippen molar-refractivity contribution in [2.75, 3.05) is 26.3 Å². The molecule has 2 amide bonds. The van der Waals surface area contributed by atoms with Crippen LogP contribution in [0.15, 0.2) is 4.99 Å². The predicted octanol–water partition coefficient (Wildman–Crippen LogP) is 8.01. The second-order valence-electron chi connectivity index (χ2n) is 14.4. The number of rotatable bonds is 36. The van der Waals surface area contributed by atoms with E-state index >= 15 is 0 Å². The third-order valence-corrected chi connectivity index (χ3v) is 9.56. The Kier molecular flexibility index (Phi) is 33.3. The molecule has 0 saturated heterocycles. The zero-order valence-electron chi connectivity index (χ0n) is 33.8. The van der Waals surface area contributed by atoms with Crippen molar-refractivity contribution in [1.82, 2.24) is 10.6 Å². The third-order valence-electron chi connectivity index (χ3n) is 9.56. The normalized spacial score (nSPS) is 12.8. The molecule has 0 aliphatic heterocycles. The molecule has 0 aromatic heterocycles. The van der Waals surface area contributed by atoms with Crippen molar-refractivity contribution in [3.05, 3.63) is 0 Å². The van der Waals surface area contributed by atoms with Gasteiger partial charge >= 0.3 is 11.9 Å². The van der Waals surface area contributed by atoms with Gasteiger partial charge in [-0.15, -0.1) is 0 Å². The van der Waals surface area contributed by atoms with Gasteiger partial charge in [0, 0.05) is 19.5 Å². The Balaban J connectivity index is 4.46. The lowest BCUT2D eigenvalue weighted by Crippen LogP contribution is -2.47. The van der Waals surface area contributed by atoms with E-state index in [1.165, 1.54) is 32.1 Å². The molecule has 304 valence electrons. The first-order valence-electron chi connectivity index (χ1n) is 21.2. The molecule has 2 unspecified atom stereocenters. The van der Waals surface area contributed by atoms with Crippen LogP contribution in [-0.4, -0.2) is 62.1 Å². The van der Waals surface area contributed by atoms with Gasteiger partial charge in [0.15, 0.2) is 5.96 Å². The molecule has 3 atom stereocenters. The molecule has 0 saturated carbocycles. The fourth-order valence-electron chi connectivity index (χ4n) is 6.22. The quantitative estimate of drug-likeness (QED) is 0.0216. The lowest BCUT2D eigenvalue weighted by Gasteiger charge is -2.18. The summed E-state index contributed by atoms with van der Waals surface area (Å²) in [6.45, 7) is 10.1. The van der Waals surface area contributed by atoms with E-state index in [0.29, 0.717) is 45.4 Å². The number of aliphatic imine (C=N–C) groups is 1. The molecule has 0 aliphatic carbocycles. The average molecular weight is 738 g/mol. The van der Waals surface area contributed by atoms with E-state index in [1.54, 1.807) is 0 Å². The van der Waals surface area contributed by atoms with E-state index in [9.17, 15) is 19.2 Å². The van der Waals surface area contributed by atoms with Crippen molar-refractivity contribution >= 4 is 29.7 Å². The summed E-state index contributed by atoms with van der Waals surface area (Å²) in [4.78, 5) is 55.0. The maximum Gasteiger partial charge on any atom is 0.308 e. The molecule has 0 aromatic carbocycles. The molecule has 0 aromatic rings. The van der Waals surface area contributed by atoms with Crippen molar-refractivity contribution < 1.29 is 28.7 Å². The van der Waals surface area contributed by atoms with Gasteiger partial charge in [-0.25, -0.2) is 0 Å². The summed E-state index contributed by atoms with van der Waals surface area (Å²) in [6, 6.07) is -0.747. The largest absolute Gasteiger partial charge is 0.465 e. The van der Waals surface area contributed by atoms with Gasteiger partial charge in [0.25, 0.3) is 0 Å². The Bertz CT molecular complexity index is 943. The first-order valence-corrected chi connectivity index (χ1v) is 21.2. The van der Waals surface area contributed by atoms with E-state index < -0.39 is 6.04 Å². The molecular weight excluding hydrogens is 658 g/mol. The maximum absolute atomic E-state index is 13.0. The smallest absolute Gasteiger partial charge is 0.308 e. The predicted molar refractivity (Wildman–Crippen MR) is 213 cm³/mol. The maximum atomic E-state index is 13.0. The Morgan fingerprint density at radius 2 is 1.02 bits per heavy atom. The minimum atomic E-state index is -0.747. The Morgan fingerprint density at radius 3 is 1.54 bits per heavy atom. The van der Waals surface area contributed by atoms with Crippen molar-refractivity contribution in [1.29, 1.82) is 0 Å². The molecule has 52 heavy (non-hydrogen) atoms. The number of hydrogen-bond acceptors (Lipinski definition) is 7. The van der Waals surface area contributed by atoms with Gasteiger partial charge in [0.2, 0.25) is 11.8 Å². The summed E-state index contributed by atoms with van der Waals surface area (Å²) in [5.74, 6) is -0.677. The molecule has 11 nitrogen and oxygen atoms in total. The molecular formula is C41H79N5O6. The Hall–Kier alpha value is -2.85. The fraction of sp³-hybridized carbons (Fsp3) is 0.878. The summed E-state index contributed by atoms with van der Waals surface area (Å²) < 4.78 is 11.2. The number of nitrogens with two attached hydrogens (primary N) is 2. The van der Waals surface area contributed by atoms with Gasteiger partial charge < -0.3 is 31.6 Å². The molecule has 0 radical (unpaired) electrons. The molecule has 6 N–H and O–H groups in total. The summed E-state index contributed by atoms with van der Waals surface area (Å²) in [7, 11) is 0. The highest BCUT2D eigenvalue weighted by Crippen LogP contribution is 2.20. The Labute approximate surface area is 317 Å². The zero-order chi connectivity index (χ0) is 38.7. The van der Waals surface area contributed by atoms with Gasteiger partial charge in [-0.2, -0.15) is 0 Å². The van der Waals surface area contributed by atoms with Crippen molar-refractivity contribution in [2.24, 2.45) is 28.3 Å². The monoisotopic (exact) mass is 738 g/mol. The van der Waals surface area contributed by atoms with Crippen molar-refractivity contribution in [3.63, 3.8) is 0 Å². The lowest BCUT2D eigenvalue weighted by atomic mass is 9.95. The van der Waals surface area contributed by atoms with Gasteiger partial charge in [-0.3, -0.25) is 24.2 Å². The van der Waals surface area contributed by atoms with Gasteiger partial charge in [0.05, 0.1) is 25.0 Å². The highest BCUT2D eigenvalue weighted by atomic mass is 16.5. The zero-order valence-corrected chi connectivity index (χ0v) is 33.8. The molecule has 0 rings (SSSR count). The van der Waals surface area contributed by atoms with Crippen LogP contribution in [-0.2, 0) is 28.7 Å². The van der Waals surface area contributed by atoms with Crippen LogP contribution < -0.4 is 22.1 Å². The van der Waals surface area contributed by atoms with Crippen LogP contribution in [0.4, 0.5) is 0 Å². The number of hydrogen-bond donors (Lipinski definition) is 4. The second kappa shape index (κ2) is 35.2. The minimum absolute atomic E-state index is 0.0233. The topological polar surface area (TPSA) is 175 Å². The average Bonchev–Trinajstić information content (AvgIpc) is 3.12. The first kappa shape index (κ1) is 49.1. The summed E-state index contributed by atoms with van der Waals surface area (Å²) in [6.07, 6.45) is 23.3. The van der Waals surface area contributed by atoms with Crippen LogP contribution in [0.5, 0.6) is 0 Å². The number of amides is 2. The standard InChI is InChI=1S/C41H79N5O6/c1-5-9-13-18-26-34(24-11-7-3)39(49)51-32-22-17-15-16-20-28-37(47)46-36(29-31-45-41(42)43)38(48)44-30-21-23-33-52-40(50)35(25-12-8-4)27-19-14-10-6-2/h34-36H,5-33H2,1-4H3,(H,44,48)(H,46,47)(H4,42,43,45)/t34?,35?,36-/m0/s1. The van der Waals surface area contributed by atoms with E-state index in [2.05, 4.69) is 43.3 Å². The highest BCUT2D eigenvalue weighted by molar-refractivity contribution is 5.87. The SMILES string of the molecule is CCCCCCC(CCCC)C(=O)OCCCCCCCC(=O)N[C@@H](CCN=C(N)N)C(=O)NCCCCOC(=O)C(CCCC)CCCCCC. The van der Waals surface area contributed by atoms with Crippen LogP contribution in [0.2, 0.25) is 0 Å². The molecule has 0 spiro atoms. The number of ether oxygens (including phenoxy) is 2. The van der Waals surface area contributed by atoms with Crippen LogP contribution in [0.3, 0.4) is 0 Å². The third kappa shape index (κ3) is 28.7. The fourth-order valence-corrected chi connectivity index (χ4v) is 6.22. The van der Waals surface area contributed by atoms with E-state index in [1.807, 2.05) is 0 Å². The molecule has 11 heteroatoms. The molecule has 0 aliphatic rings. The van der Waals surface area contributed by atoms with Gasteiger partial charge in [0.1, 0.15) is 6.04 Å². The van der Waals surface area contributed by atoms with Crippen LogP contribution in [0.25, 0.3) is 0 Å². The van der Waals surface area contributed by atoms with E-state index in [4.69, 9.17) is 20.9 Å². The summed E-state index contributed by atoms with van der Waals surface area (Å²) in [5, 5.41) is 5.75. The summed E-state index contributed by atoms with van der Waals surface area (Å²) in [5.41, 5.74) is 10.9. The van der Waals surface area contributed by atoms with Crippen LogP contribution >= 0.6 is 0 Å². The second-order valence-corrected chi connectivity index (χ2v) is 14.4. The van der Waals surface area contributed by atoms with Gasteiger partial charge in [-0.1, -0.05) is 124 Å². The highest BCUT2D eigenvalue weighted by Gasteiger charge is 2.22. The lowest BCUT2D eigenvalue weighted by molar-refractivity contribution is -0.150. The number of carbonyl (C=O) groups excluding carboxylic acids is 4. The van der Waals surface area contributed by atoms with Gasteiger partial charge in [-0.05, 0) is 57.8 Å². The number of nitrogens with zero attached hydrogens (tertiary/aromatic N) is 1. The first-order chi connectivity index (χ1) is 25.2. The van der Waals surface area contributed by atoms with Crippen molar-refractivity contribution in [2.45, 2.75) is 194 Å². The van der Waals surface area contributed by atoms with E-state index in [0.717, 1.165) is 96.3 Å². The van der Waals surface area contributed by atoms with E-state index in [-0.39, 0.29) is 54.5 Å². The number of guanidine groups is 1. The molecule has 0 heterocycles. The van der Waals surface area contributed by atoms with Crippen molar-refractivity contribution in [3.8, 4) is 0 Å². The Morgan fingerprint density at radius 1 is 0.558 bits per heavy atom. The number of unbranched alkanes of at least 4 members (excludes halogenated alkanes) is 13. The number of carbonyl (C=O) groups is 4.